The van der Waals surface area contributed by atoms with Crippen LogP contribution in [0, 0.1) is 52.3 Å². The molecule has 4 aliphatic carbocycles. The number of hydrogen-bond donors (Lipinski definition) is 14. The summed E-state index contributed by atoms with van der Waals surface area (Å²) in [5.74, 6) is 2.26. The van der Waals surface area contributed by atoms with Gasteiger partial charge in [-0.2, -0.15) is 0 Å². The summed E-state index contributed by atoms with van der Waals surface area (Å²) in [5, 5.41) is 152. The zero-order chi connectivity index (χ0) is 53.8. The zero-order valence-electron chi connectivity index (χ0n) is 43.1. The molecule has 24 nitrogen and oxygen atoms in total. The smallest absolute Gasteiger partial charge is 0.187 e. The van der Waals surface area contributed by atoms with Crippen LogP contribution in [0.1, 0.15) is 85.5 Å². The molecule has 1 spiro atoms. The normalized spacial score (nSPS) is 58.0. The van der Waals surface area contributed by atoms with Gasteiger partial charge in [0.1, 0.15) is 97.7 Å². The maximum absolute atomic E-state index is 12.0. The molecule has 0 aromatic carbocycles. The van der Waals surface area contributed by atoms with E-state index < -0.39 is 167 Å². The van der Waals surface area contributed by atoms with Crippen LogP contribution in [-0.4, -0.2) is 251 Å². The van der Waals surface area contributed by atoms with Crippen molar-refractivity contribution in [1.82, 2.24) is 0 Å². The van der Waals surface area contributed by atoms with E-state index in [2.05, 4.69) is 27.7 Å². The molecule has 0 amide bonds. The lowest BCUT2D eigenvalue weighted by atomic mass is 9.44. The van der Waals surface area contributed by atoms with Gasteiger partial charge in [-0.3, -0.25) is 0 Å². The number of ether oxygens (including phenoxy) is 10. The molecule has 6 saturated heterocycles. The molecule has 75 heavy (non-hydrogen) atoms. The summed E-state index contributed by atoms with van der Waals surface area (Å²) < 4.78 is 61.2. The minimum atomic E-state index is -2.06. The largest absolute Gasteiger partial charge is 0.394 e. The highest BCUT2D eigenvalue weighted by Gasteiger charge is 2.70. The SMILES string of the molecule is C[C@H]1CC[C@@]2(OC1)O[C@H]1C[C@H]3[C@@H]4CC[C@H]5C[C@@H](O[C@@H]6O[C@H](CO)[C@H](O[C@@H]7O[C@H](CO)[C@@H](O)[C@H](O[C@@H]8O[C@H](CO)[C@@H](O)[C@H](O)[C@H]8O)[C@H]7O[C@@H]7O[C@H](CO)[C@H](O)[C@H](O)[C@H]7O)[C@H](O)[C@H]6O)[C@H](O)C[C@]5(C)[C@H]4CC[C@]3(C)[C@H]1[C@@H]2C. The van der Waals surface area contributed by atoms with Gasteiger partial charge in [0.15, 0.2) is 30.9 Å². The Balaban J connectivity index is 0.831. The minimum absolute atomic E-state index is 0.121. The highest BCUT2D eigenvalue weighted by molar-refractivity contribution is 5.16. The Hall–Kier alpha value is -0.960. The number of fused-ring (bicyclic) bond motifs is 7. The zero-order valence-corrected chi connectivity index (χ0v) is 43.1. The lowest BCUT2D eigenvalue weighted by Crippen LogP contribution is -2.69. The predicted molar refractivity (Wildman–Crippen MR) is 250 cm³/mol. The van der Waals surface area contributed by atoms with Crippen molar-refractivity contribution in [3.8, 4) is 0 Å². The first-order valence-corrected chi connectivity index (χ1v) is 27.4. The van der Waals surface area contributed by atoms with Gasteiger partial charge in [0.05, 0.1) is 51.3 Å². The van der Waals surface area contributed by atoms with E-state index in [-0.39, 0.29) is 22.9 Å². The quantitative estimate of drug-likeness (QED) is 0.0830. The fourth-order valence-electron chi connectivity index (χ4n) is 16.2. The van der Waals surface area contributed by atoms with Gasteiger partial charge in [-0.05, 0) is 97.7 Å². The number of aliphatic hydroxyl groups excluding tert-OH is 14. The molecule has 432 valence electrons. The Morgan fingerprint density at radius 1 is 0.493 bits per heavy atom. The predicted octanol–water partition coefficient (Wildman–Crippen LogP) is -3.94. The summed E-state index contributed by atoms with van der Waals surface area (Å²) in [6, 6.07) is 0. The molecular weight excluding hydrogens is 997 g/mol. The lowest BCUT2D eigenvalue weighted by molar-refractivity contribution is -0.407. The lowest BCUT2D eigenvalue weighted by Gasteiger charge is -2.62. The van der Waals surface area contributed by atoms with Crippen LogP contribution in [0.25, 0.3) is 0 Å². The van der Waals surface area contributed by atoms with Crippen LogP contribution in [0.3, 0.4) is 0 Å². The Morgan fingerprint density at radius 2 is 1.04 bits per heavy atom. The third-order valence-corrected chi connectivity index (χ3v) is 20.4. The van der Waals surface area contributed by atoms with E-state index in [0.717, 1.165) is 51.6 Å². The van der Waals surface area contributed by atoms with Crippen LogP contribution in [-0.2, 0) is 47.4 Å². The summed E-state index contributed by atoms with van der Waals surface area (Å²) in [5.41, 5.74) is -0.0790. The average Bonchev–Trinajstić information content (AvgIpc) is 3.84. The van der Waals surface area contributed by atoms with Crippen molar-refractivity contribution in [2.45, 2.75) is 232 Å². The third kappa shape index (κ3) is 9.79. The third-order valence-electron chi connectivity index (χ3n) is 20.4. The van der Waals surface area contributed by atoms with E-state index in [9.17, 15) is 71.5 Å². The molecular formula is C51H84O24. The molecule has 14 N–H and O–H groups in total. The van der Waals surface area contributed by atoms with Crippen LogP contribution in [0.15, 0.2) is 0 Å². The first-order valence-electron chi connectivity index (χ1n) is 27.4. The monoisotopic (exact) mass is 1080 g/mol. The highest BCUT2D eigenvalue weighted by Crippen LogP contribution is 2.71. The fraction of sp³-hybridized carbons (Fsp3) is 1.00. The van der Waals surface area contributed by atoms with Crippen molar-refractivity contribution in [2.75, 3.05) is 33.0 Å². The van der Waals surface area contributed by atoms with E-state index in [1.54, 1.807) is 0 Å². The van der Waals surface area contributed by atoms with Gasteiger partial charge in [0.25, 0.3) is 0 Å². The molecule has 0 aromatic rings. The van der Waals surface area contributed by atoms with Gasteiger partial charge in [-0.1, -0.05) is 27.7 Å². The van der Waals surface area contributed by atoms with Crippen molar-refractivity contribution < 1.29 is 119 Å². The van der Waals surface area contributed by atoms with Crippen LogP contribution in [0.2, 0.25) is 0 Å². The second-order valence-electron chi connectivity index (χ2n) is 24.5. The molecule has 10 fully saturated rings. The Bertz CT molecular complexity index is 1910. The van der Waals surface area contributed by atoms with Crippen molar-refractivity contribution >= 4 is 0 Å². The van der Waals surface area contributed by atoms with Crippen LogP contribution >= 0.6 is 0 Å². The maximum atomic E-state index is 12.0. The molecule has 0 unspecified atom stereocenters. The summed E-state index contributed by atoms with van der Waals surface area (Å²) >= 11 is 0. The molecule has 24 heteroatoms. The Morgan fingerprint density at radius 3 is 1.64 bits per heavy atom. The van der Waals surface area contributed by atoms with Crippen molar-refractivity contribution in [3.63, 3.8) is 0 Å². The molecule has 6 heterocycles. The molecule has 0 aromatic heterocycles. The van der Waals surface area contributed by atoms with Crippen molar-refractivity contribution in [2.24, 2.45) is 52.3 Å². The Kier molecular flexibility index (Phi) is 16.9. The second-order valence-corrected chi connectivity index (χ2v) is 24.5. The van der Waals surface area contributed by atoms with Crippen LogP contribution < -0.4 is 0 Å². The van der Waals surface area contributed by atoms with Crippen molar-refractivity contribution in [1.29, 1.82) is 0 Å². The van der Waals surface area contributed by atoms with E-state index >= 15 is 0 Å². The highest BCUT2D eigenvalue weighted by atomic mass is 16.8. The number of rotatable bonds is 12. The van der Waals surface area contributed by atoms with Gasteiger partial charge in [0, 0.05) is 12.3 Å². The molecule has 10 rings (SSSR count). The molecule has 33 atom stereocenters. The van der Waals surface area contributed by atoms with E-state index in [0.29, 0.717) is 48.3 Å². The minimum Gasteiger partial charge on any atom is -0.394 e. The second kappa shape index (κ2) is 22.1. The molecule has 6 aliphatic heterocycles. The van der Waals surface area contributed by atoms with Crippen molar-refractivity contribution in [3.05, 3.63) is 0 Å². The van der Waals surface area contributed by atoms with Gasteiger partial charge < -0.3 is 119 Å². The van der Waals surface area contributed by atoms with E-state index in [1.165, 1.54) is 0 Å². The van der Waals surface area contributed by atoms with Gasteiger partial charge in [-0.25, -0.2) is 0 Å². The van der Waals surface area contributed by atoms with E-state index in [4.69, 9.17) is 47.4 Å². The van der Waals surface area contributed by atoms with E-state index in [1.807, 2.05) is 0 Å². The number of aliphatic hydroxyl groups is 14. The molecule has 4 saturated carbocycles. The fourth-order valence-corrected chi connectivity index (χ4v) is 16.2. The van der Waals surface area contributed by atoms with Crippen LogP contribution in [0.5, 0.6) is 0 Å². The first-order chi connectivity index (χ1) is 35.6. The Labute approximate surface area is 435 Å². The maximum Gasteiger partial charge on any atom is 0.187 e. The van der Waals surface area contributed by atoms with Gasteiger partial charge in [0.2, 0.25) is 0 Å². The summed E-state index contributed by atoms with van der Waals surface area (Å²) in [6.45, 7) is 6.57. The van der Waals surface area contributed by atoms with Crippen LogP contribution in [0.4, 0.5) is 0 Å². The molecule has 10 aliphatic rings. The molecule has 0 radical (unpaired) electrons. The van der Waals surface area contributed by atoms with Gasteiger partial charge in [-0.15, -0.1) is 0 Å². The molecule has 0 bridgehead atoms. The standard InChI is InChI=1S/C51H84O24/c1-19-7-10-51(66-18-19)20(2)32-27(75-51)12-24-22-6-5-21-11-26(25(56)13-50(21,4)23(22)8-9-49(24,32)3)67-45-41(65)38(62)42(31(17-55)71-45)72-48-44(74-47-40(64)37(61)34(58)29(15-53)69-47)43(35(59)30(16-54)70-48)73-46-39(63)36(60)33(57)28(14-52)68-46/h19-48,52-65H,5-18H2,1-4H3/t19-,20-,21-,22+,23-,24-,25+,26+,27-,28+,29+,30+,31+,32-,33+,34-,35+,36-,37-,38+,39+,40+,41+,42-,43-,44+,45+,46-,47-,48-,49-,50-,51+/m0/s1. The average molecular weight is 1080 g/mol. The van der Waals surface area contributed by atoms with Gasteiger partial charge >= 0.3 is 0 Å². The number of hydrogen-bond acceptors (Lipinski definition) is 24. The first kappa shape index (κ1) is 57.3. The summed E-state index contributed by atoms with van der Waals surface area (Å²) in [6.07, 6.45) is -30.3. The summed E-state index contributed by atoms with van der Waals surface area (Å²) in [4.78, 5) is 0. The summed E-state index contributed by atoms with van der Waals surface area (Å²) in [7, 11) is 0. The topological polar surface area (TPSA) is 376 Å².